The fraction of sp³-hybridized carbons (Fsp3) is 0.154. The van der Waals surface area contributed by atoms with Crippen molar-refractivity contribution in [3.05, 3.63) is 96.4 Å². The van der Waals surface area contributed by atoms with Crippen LogP contribution in [0.25, 0.3) is 22.6 Å². The van der Waals surface area contributed by atoms with Crippen LogP contribution in [0.4, 0.5) is 0 Å². The normalized spacial score (nSPS) is 17.2. The summed E-state index contributed by atoms with van der Waals surface area (Å²) in [5, 5.41) is 0. The van der Waals surface area contributed by atoms with Crippen LogP contribution in [0, 0.1) is 0 Å². The van der Waals surface area contributed by atoms with Crippen LogP contribution in [0.3, 0.4) is 0 Å². The first kappa shape index (κ1) is 19.1. The van der Waals surface area contributed by atoms with Crippen molar-refractivity contribution in [3.8, 4) is 28.3 Å². The molecule has 4 aromatic rings. The van der Waals surface area contributed by atoms with E-state index >= 15 is 0 Å². The van der Waals surface area contributed by atoms with Gasteiger partial charge >= 0.3 is 5.97 Å². The van der Waals surface area contributed by atoms with Crippen LogP contribution >= 0.6 is 0 Å². The van der Waals surface area contributed by atoms with Gasteiger partial charge in [-0.2, -0.15) is 0 Å². The number of hydrogen-bond acceptors (Lipinski definition) is 5. The van der Waals surface area contributed by atoms with Crippen molar-refractivity contribution in [2.45, 2.75) is 25.2 Å². The summed E-state index contributed by atoms with van der Waals surface area (Å²) >= 11 is 0. The second kappa shape index (κ2) is 8.11. The Hall–Kier alpha value is -3.86. The number of aromatic nitrogens is 1. The van der Waals surface area contributed by atoms with Gasteiger partial charge in [-0.15, -0.1) is 0 Å². The molecule has 1 fully saturated rings. The summed E-state index contributed by atoms with van der Waals surface area (Å²) in [6, 6.07) is 27.8. The largest absolute Gasteiger partial charge is 0.440 e. The Kier molecular flexibility index (Phi) is 5.00. The standard InChI is InChI=1S/C26H21NO4/c1-17(28)30-31-21-14-8-13-20(15-21)22-16-23(22)26-27-24(18-9-4-2-5-10-18)25(29-26)19-11-6-3-7-12-19/h2-15,22-23H,16H2,1H3. The second-order valence-electron chi connectivity index (χ2n) is 7.64. The Labute approximate surface area is 180 Å². The third-order valence-corrected chi connectivity index (χ3v) is 5.38. The smallest absolute Gasteiger partial charge is 0.352 e. The second-order valence-corrected chi connectivity index (χ2v) is 7.64. The summed E-state index contributed by atoms with van der Waals surface area (Å²) in [7, 11) is 0. The lowest BCUT2D eigenvalue weighted by Crippen LogP contribution is -2.02. The Morgan fingerprint density at radius 2 is 1.61 bits per heavy atom. The van der Waals surface area contributed by atoms with Crippen molar-refractivity contribution in [2.75, 3.05) is 0 Å². The number of nitrogens with zero attached hydrogens (tertiary/aromatic N) is 1. The average Bonchev–Trinajstić information content (AvgIpc) is 3.49. The molecule has 0 saturated heterocycles. The molecule has 2 atom stereocenters. The van der Waals surface area contributed by atoms with Crippen molar-refractivity contribution in [1.29, 1.82) is 0 Å². The van der Waals surface area contributed by atoms with E-state index in [1.165, 1.54) is 6.92 Å². The molecule has 1 aromatic heterocycles. The number of rotatable bonds is 6. The lowest BCUT2D eigenvalue weighted by atomic mass is 10.1. The van der Waals surface area contributed by atoms with Crippen LogP contribution in [0.5, 0.6) is 5.75 Å². The zero-order valence-electron chi connectivity index (χ0n) is 17.0. The Bertz CT molecular complexity index is 1140. The third-order valence-electron chi connectivity index (χ3n) is 5.38. The van der Waals surface area contributed by atoms with Gasteiger partial charge in [0.05, 0.1) is 0 Å². The van der Waals surface area contributed by atoms with E-state index in [2.05, 4.69) is 4.89 Å². The Morgan fingerprint density at radius 1 is 0.903 bits per heavy atom. The predicted molar refractivity (Wildman–Crippen MR) is 116 cm³/mol. The highest BCUT2D eigenvalue weighted by Crippen LogP contribution is 2.55. The van der Waals surface area contributed by atoms with Crippen molar-refractivity contribution < 1.29 is 19.0 Å². The number of oxazole rings is 1. The minimum Gasteiger partial charge on any atom is -0.440 e. The van der Waals surface area contributed by atoms with Crippen LogP contribution in [0.1, 0.15) is 36.6 Å². The van der Waals surface area contributed by atoms with Crippen LogP contribution in [-0.4, -0.2) is 11.0 Å². The minimum absolute atomic E-state index is 0.198. The molecule has 0 bridgehead atoms. The topological polar surface area (TPSA) is 61.6 Å². The van der Waals surface area contributed by atoms with Crippen LogP contribution < -0.4 is 4.89 Å². The first-order valence-electron chi connectivity index (χ1n) is 10.3. The number of carbonyl (C=O) groups excluding carboxylic acids is 1. The van der Waals surface area contributed by atoms with Gasteiger partial charge in [-0.25, -0.2) is 9.78 Å². The molecule has 5 nitrogen and oxygen atoms in total. The van der Waals surface area contributed by atoms with Gasteiger partial charge in [0.2, 0.25) is 0 Å². The molecular formula is C26H21NO4. The van der Waals surface area contributed by atoms with Crippen LogP contribution in [-0.2, 0) is 9.68 Å². The zero-order chi connectivity index (χ0) is 21.2. The predicted octanol–water partition coefficient (Wildman–Crippen LogP) is 6.14. The van der Waals surface area contributed by atoms with Crippen molar-refractivity contribution in [3.63, 3.8) is 0 Å². The van der Waals surface area contributed by atoms with E-state index in [1.807, 2.05) is 78.9 Å². The molecule has 0 amide bonds. The van der Waals surface area contributed by atoms with Crippen LogP contribution in [0.2, 0.25) is 0 Å². The average molecular weight is 411 g/mol. The summed E-state index contributed by atoms with van der Waals surface area (Å²) in [4.78, 5) is 25.6. The molecule has 5 rings (SSSR count). The molecule has 0 spiro atoms. The summed E-state index contributed by atoms with van der Waals surface area (Å²) in [5.74, 6) is 2.03. The molecule has 2 unspecified atom stereocenters. The number of benzene rings is 3. The summed E-state index contributed by atoms with van der Waals surface area (Å²) < 4.78 is 6.33. The van der Waals surface area contributed by atoms with Gasteiger partial charge < -0.3 is 4.42 Å². The maximum Gasteiger partial charge on any atom is 0.352 e. The molecule has 31 heavy (non-hydrogen) atoms. The number of carbonyl (C=O) groups is 1. The van der Waals surface area contributed by atoms with E-state index in [4.69, 9.17) is 14.3 Å². The van der Waals surface area contributed by atoms with E-state index in [0.29, 0.717) is 5.75 Å². The molecule has 1 aliphatic carbocycles. The van der Waals surface area contributed by atoms with Gasteiger partial charge in [-0.3, -0.25) is 9.78 Å². The van der Waals surface area contributed by atoms with E-state index < -0.39 is 5.97 Å². The minimum atomic E-state index is -0.489. The van der Waals surface area contributed by atoms with Gasteiger partial charge in [-0.1, -0.05) is 72.8 Å². The molecular weight excluding hydrogens is 390 g/mol. The lowest BCUT2D eigenvalue weighted by Gasteiger charge is -2.04. The summed E-state index contributed by atoms with van der Waals surface area (Å²) in [6.45, 7) is 1.30. The van der Waals surface area contributed by atoms with Crippen molar-refractivity contribution >= 4 is 5.97 Å². The van der Waals surface area contributed by atoms with Gasteiger partial charge in [0.1, 0.15) is 5.69 Å². The maximum atomic E-state index is 11.0. The molecule has 0 aliphatic heterocycles. The Morgan fingerprint density at radius 3 is 2.32 bits per heavy atom. The monoisotopic (exact) mass is 411 g/mol. The maximum absolute atomic E-state index is 11.0. The molecule has 3 aromatic carbocycles. The van der Waals surface area contributed by atoms with Gasteiger partial charge in [0.15, 0.2) is 17.4 Å². The third kappa shape index (κ3) is 4.08. The van der Waals surface area contributed by atoms with Gasteiger partial charge in [0.25, 0.3) is 0 Å². The van der Waals surface area contributed by atoms with Crippen molar-refractivity contribution in [1.82, 2.24) is 4.98 Å². The summed E-state index contributed by atoms with van der Waals surface area (Å²) in [6.07, 6.45) is 0.944. The van der Waals surface area contributed by atoms with E-state index in [1.54, 1.807) is 6.07 Å². The molecule has 154 valence electrons. The Balaban J connectivity index is 1.44. The molecule has 1 saturated carbocycles. The molecule has 5 heteroatoms. The van der Waals surface area contributed by atoms with Gasteiger partial charge in [0, 0.05) is 24.0 Å². The summed E-state index contributed by atoms with van der Waals surface area (Å²) in [5.41, 5.74) is 4.01. The fourth-order valence-electron chi connectivity index (χ4n) is 3.81. The molecule has 1 aliphatic rings. The molecule has 1 heterocycles. The van der Waals surface area contributed by atoms with E-state index in [9.17, 15) is 4.79 Å². The van der Waals surface area contributed by atoms with E-state index in [-0.39, 0.29) is 11.8 Å². The highest BCUT2D eigenvalue weighted by molar-refractivity contribution is 5.77. The lowest BCUT2D eigenvalue weighted by molar-refractivity contribution is -0.210. The first-order valence-corrected chi connectivity index (χ1v) is 10.3. The highest BCUT2D eigenvalue weighted by Gasteiger charge is 2.44. The fourth-order valence-corrected chi connectivity index (χ4v) is 3.81. The van der Waals surface area contributed by atoms with Gasteiger partial charge in [-0.05, 0) is 30.0 Å². The highest BCUT2D eigenvalue weighted by atomic mass is 17.2. The quantitative estimate of drug-likeness (QED) is 0.282. The molecule has 0 N–H and O–H groups in total. The van der Waals surface area contributed by atoms with Crippen molar-refractivity contribution in [2.24, 2.45) is 0 Å². The first-order chi connectivity index (χ1) is 15.2. The zero-order valence-corrected chi connectivity index (χ0v) is 17.0. The SMILES string of the molecule is CC(=O)OOc1cccc(C2CC2c2nc(-c3ccccc3)c(-c3ccccc3)o2)c1. The van der Waals surface area contributed by atoms with Crippen LogP contribution in [0.15, 0.2) is 89.3 Å². The van der Waals surface area contributed by atoms with E-state index in [0.717, 1.165) is 40.5 Å². The number of hydrogen-bond donors (Lipinski definition) is 0. The molecule has 0 radical (unpaired) electrons.